The van der Waals surface area contributed by atoms with Crippen LogP contribution in [0.25, 0.3) is 0 Å². The van der Waals surface area contributed by atoms with Crippen molar-refractivity contribution in [1.29, 1.82) is 0 Å². The number of benzene rings is 2. The Kier molecular flexibility index (Phi) is 5.67. The lowest BCUT2D eigenvalue weighted by Crippen LogP contribution is -2.38. The molecule has 1 aliphatic heterocycles. The van der Waals surface area contributed by atoms with Crippen LogP contribution in [0.3, 0.4) is 0 Å². The maximum atomic E-state index is 12.4. The molecule has 1 saturated carbocycles. The largest absolute Gasteiger partial charge is 0.369 e. The third-order valence-electron chi connectivity index (χ3n) is 6.29. The highest BCUT2D eigenvalue weighted by Gasteiger charge is 2.58. The molecule has 0 radical (unpaired) electrons. The van der Waals surface area contributed by atoms with Gasteiger partial charge in [-0.25, -0.2) is 0 Å². The summed E-state index contributed by atoms with van der Waals surface area (Å²) in [7, 11) is 0. The minimum atomic E-state index is -0.394. The van der Waals surface area contributed by atoms with E-state index in [0.29, 0.717) is 6.54 Å². The zero-order chi connectivity index (χ0) is 20.3. The fourth-order valence-corrected chi connectivity index (χ4v) is 4.74. The van der Waals surface area contributed by atoms with Gasteiger partial charge in [-0.15, -0.1) is 0 Å². The number of ether oxygens (including phenoxy) is 1. The van der Waals surface area contributed by atoms with Crippen LogP contribution in [-0.4, -0.2) is 24.5 Å². The topological polar surface area (TPSA) is 84.7 Å². The SMILES string of the molecule is NC(=O)C1CCCC1C(=O)NCCCC1OC1(c1ccccc1)c1ccccc1. The van der Waals surface area contributed by atoms with Crippen molar-refractivity contribution in [3.63, 3.8) is 0 Å². The van der Waals surface area contributed by atoms with Crippen LogP contribution in [0, 0.1) is 11.8 Å². The maximum absolute atomic E-state index is 12.4. The Morgan fingerprint density at radius 2 is 1.55 bits per heavy atom. The molecule has 3 N–H and O–H groups in total. The lowest BCUT2D eigenvalue weighted by Gasteiger charge is -2.16. The average molecular weight is 392 g/mol. The normalized spacial score (nSPS) is 24.8. The molecule has 1 saturated heterocycles. The average Bonchev–Trinajstić information content (AvgIpc) is 3.26. The van der Waals surface area contributed by atoms with E-state index in [2.05, 4.69) is 29.6 Å². The zero-order valence-corrected chi connectivity index (χ0v) is 16.6. The Hall–Kier alpha value is -2.66. The first-order valence-corrected chi connectivity index (χ1v) is 10.5. The molecule has 29 heavy (non-hydrogen) atoms. The predicted octanol–water partition coefficient (Wildman–Crippen LogP) is 3.13. The molecule has 152 valence electrons. The van der Waals surface area contributed by atoms with Gasteiger partial charge in [0.2, 0.25) is 11.8 Å². The second-order valence-corrected chi connectivity index (χ2v) is 8.05. The van der Waals surface area contributed by atoms with E-state index >= 15 is 0 Å². The van der Waals surface area contributed by atoms with Crippen LogP contribution in [0.5, 0.6) is 0 Å². The summed E-state index contributed by atoms with van der Waals surface area (Å²) in [5.74, 6) is -0.979. The van der Waals surface area contributed by atoms with E-state index in [1.165, 1.54) is 0 Å². The van der Waals surface area contributed by atoms with Crippen LogP contribution >= 0.6 is 0 Å². The lowest BCUT2D eigenvalue weighted by atomic mass is 9.86. The Balaban J connectivity index is 1.33. The van der Waals surface area contributed by atoms with Crippen molar-refractivity contribution in [2.24, 2.45) is 17.6 Å². The number of hydrogen-bond donors (Lipinski definition) is 2. The van der Waals surface area contributed by atoms with E-state index in [0.717, 1.165) is 43.2 Å². The van der Waals surface area contributed by atoms with Crippen LogP contribution in [0.1, 0.15) is 43.2 Å². The molecule has 2 fully saturated rings. The summed E-state index contributed by atoms with van der Waals surface area (Å²) in [6, 6.07) is 20.6. The second-order valence-electron chi connectivity index (χ2n) is 8.05. The van der Waals surface area contributed by atoms with Gasteiger partial charge in [-0.05, 0) is 36.8 Å². The van der Waals surface area contributed by atoms with Gasteiger partial charge in [0.15, 0.2) is 0 Å². The van der Waals surface area contributed by atoms with E-state index in [-0.39, 0.29) is 29.8 Å². The molecule has 3 atom stereocenters. The van der Waals surface area contributed by atoms with Gasteiger partial charge >= 0.3 is 0 Å². The van der Waals surface area contributed by atoms with Gasteiger partial charge < -0.3 is 15.8 Å². The number of hydrogen-bond acceptors (Lipinski definition) is 3. The summed E-state index contributed by atoms with van der Waals surface area (Å²) >= 11 is 0. The number of rotatable bonds is 8. The number of nitrogens with one attached hydrogen (secondary N) is 1. The summed E-state index contributed by atoms with van der Waals surface area (Å²) in [5, 5.41) is 3.00. The van der Waals surface area contributed by atoms with Gasteiger partial charge in [0.1, 0.15) is 5.60 Å². The number of nitrogens with two attached hydrogens (primary N) is 1. The number of carbonyl (C=O) groups excluding carboxylic acids is 2. The molecule has 0 aromatic heterocycles. The molecule has 1 heterocycles. The third kappa shape index (κ3) is 3.92. The Morgan fingerprint density at radius 3 is 2.14 bits per heavy atom. The van der Waals surface area contributed by atoms with E-state index in [9.17, 15) is 9.59 Å². The molecule has 1 aliphatic carbocycles. The van der Waals surface area contributed by atoms with Gasteiger partial charge in [0, 0.05) is 18.4 Å². The van der Waals surface area contributed by atoms with Gasteiger partial charge in [-0.1, -0.05) is 67.1 Å². The number of epoxide rings is 1. The Morgan fingerprint density at radius 1 is 0.966 bits per heavy atom. The van der Waals surface area contributed by atoms with Crippen LogP contribution in [-0.2, 0) is 19.9 Å². The van der Waals surface area contributed by atoms with Crippen molar-refractivity contribution >= 4 is 11.8 Å². The molecule has 4 rings (SSSR count). The fraction of sp³-hybridized carbons (Fsp3) is 0.417. The minimum absolute atomic E-state index is 0.0413. The first-order valence-electron chi connectivity index (χ1n) is 10.5. The molecule has 2 amide bonds. The Labute approximate surface area is 171 Å². The van der Waals surface area contributed by atoms with Crippen LogP contribution in [0.2, 0.25) is 0 Å². The van der Waals surface area contributed by atoms with E-state index < -0.39 is 5.60 Å². The smallest absolute Gasteiger partial charge is 0.223 e. The summed E-state index contributed by atoms with van der Waals surface area (Å²) < 4.78 is 6.26. The molecule has 5 heteroatoms. The van der Waals surface area contributed by atoms with Crippen LogP contribution in [0.4, 0.5) is 0 Å². The van der Waals surface area contributed by atoms with Gasteiger partial charge in [0.05, 0.1) is 6.10 Å². The van der Waals surface area contributed by atoms with Gasteiger partial charge in [0.25, 0.3) is 0 Å². The first kappa shape index (κ1) is 19.6. The molecule has 2 aromatic carbocycles. The minimum Gasteiger partial charge on any atom is -0.369 e. The standard InChI is InChI=1S/C24H28N2O3/c25-22(27)19-13-7-14-20(19)23(28)26-16-8-15-21-24(29-21,17-9-3-1-4-10-17)18-11-5-2-6-12-18/h1-6,9-12,19-21H,7-8,13-16H2,(H2,25,27)(H,26,28). The highest BCUT2D eigenvalue weighted by molar-refractivity contribution is 5.87. The molecule has 2 aromatic rings. The van der Waals surface area contributed by atoms with Crippen molar-refractivity contribution in [3.05, 3.63) is 71.8 Å². The fourth-order valence-electron chi connectivity index (χ4n) is 4.74. The molecule has 0 bridgehead atoms. The summed E-state index contributed by atoms with van der Waals surface area (Å²) in [4.78, 5) is 24.0. The second kappa shape index (κ2) is 8.37. The van der Waals surface area contributed by atoms with Gasteiger partial charge in [-0.3, -0.25) is 9.59 Å². The summed E-state index contributed by atoms with van der Waals surface area (Å²) in [6.07, 6.45) is 4.13. The number of carbonyl (C=O) groups is 2. The number of amides is 2. The quantitative estimate of drug-likeness (QED) is 0.535. The zero-order valence-electron chi connectivity index (χ0n) is 16.6. The van der Waals surface area contributed by atoms with Crippen LogP contribution < -0.4 is 11.1 Å². The number of primary amides is 1. The van der Waals surface area contributed by atoms with Crippen molar-refractivity contribution in [1.82, 2.24) is 5.32 Å². The summed E-state index contributed by atoms with van der Waals surface area (Å²) in [5.41, 5.74) is 7.36. The predicted molar refractivity (Wildman–Crippen MR) is 111 cm³/mol. The van der Waals surface area contributed by atoms with Crippen molar-refractivity contribution in [3.8, 4) is 0 Å². The molecule has 3 unspecified atom stereocenters. The van der Waals surface area contributed by atoms with Crippen LogP contribution in [0.15, 0.2) is 60.7 Å². The molecule has 0 spiro atoms. The molecule has 2 aliphatic rings. The molecular weight excluding hydrogens is 364 g/mol. The van der Waals surface area contributed by atoms with E-state index in [1.807, 2.05) is 36.4 Å². The van der Waals surface area contributed by atoms with Gasteiger partial charge in [-0.2, -0.15) is 0 Å². The molecule has 5 nitrogen and oxygen atoms in total. The van der Waals surface area contributed by atoms with E-state index in [4.69, 9.17) is 10.5 Å². The molecular formula is C24H28N2O3. The van der Waals surface area contributed by atoms with Crippen molar-refractivity contribution < 1.29 is 14.3 Å². The van der Waals surface area contributed by atoms with Crippen molar-refractivity contribution in [2.75, 3.05) is 6.54 Å². The first-order chi connectivity index (χ1) is 14.1. The Bertz CT molecular complexity index is 813. The summed E-state index contributed by atoms with van der Waals surface area (Å²) in [6.45, 7) is 0.584. The highest BCUT2D eigenvalue weighted by Crippen LogP contribution is 2.53. The van der Waals surface area contributed by atoms with Crippen molar-refractivity contribution in [2.45, 2.75) is 43.8 Å². The monoisotopic (exact) mass is 392 g/mol. The highest BCUT2D eigenvalue weighted by atomic mass is 16.6. The lowest BCUT2D eigenvalue weighted by molar-refractivity contribution is -0.132. The van der Waals surface area contributed by atoms with E-state index in [1.54, 1.807) is 0 Å². The third-order valence-corrected chi connectivity index (χ3v) is 6.29. The maximum Gasteiger partial charge on any atom is 0.223 e.